The number of rotatable bonds is 6. The number of carbonyl (C=O) groups is 1. The molecule has 3 aromatic rings. The molecular formula is C19H23ClN6OS. The maximum atomic E-state index is 12.2. The molecule has 0 fully saturated rings. The van der Waals surface area contributed by atoms with Crippen LogP contribution in [0.5, 0.6) is 0 Å². The number of nitrogens with one attached hydrogen (secondary N) is 3. The van der Waals surface area contributed by atoms with Crippen LogP contribution >= 0.6 is 23.4 Å². The van der Waals surface area contributed by atoms with Crippen molar-refractivity contribution in [2.45, 2.75) is 45.3 Å². The Kier molecular flexibility index (Phi) is 6.10. The first kappa shape index (κ1) is 20.4. The van der Waals surface area contributed by atoms with Crippen LogP contribution < -0.4 is 10.8 Å². The predicted molar refractivity (Wildman–Crippen MR) is 112 cm³/mol. The average Bonchev–Trinajstić information content (AvgIpc) is 3.03. The molecule has 0 aliphatic heterocycles. The molecule has 3 rings (SSSR count). The van der Waals surface area contributed by atoms with E-state index < -0.39 is 0 Å². The van der Waals surface area contributed by atoms with E-state index >= 15 is 0 Å². The number of aromatic amines is 1. The smallest absolute Gasteiger partial charge is 0.230 e. The van der Waals surface area contributed by atoms with Crippen LogP contribution in [-0.2, 0) is 4.79 Å². The molecule has 3 N–H and O–H groups in total. The third kappa shape index (κ3) is 4.07. The number of amides is 1. The molecule has 0 saturated heterocycles. The normalized spacial score (nSPS) is 12.3. The van der Waals surface area contributed by atoms with Gasteiger partial charge in [-0.05, 0) is 44.9 Å². The first-order valence-corrected chi connectivity index (χ1v) is 10.4. The van der Waals surface area contributed by atoms with Crippen LogP contribution in [0.3, 0.4) is 0 Å². The second kappa shape index (κ2) is 8.36. The zero-order valence-electron chi connectivity index (χ0n) is 16.3. The number of H-pyrrole nitrogens is 1. The van der Waals surface area contributed by atoms with Crippen molar-refractivity contribution in [3.8, 4) is 5.69 Å². The van der Waals surface area contributed by atoms with E-state index in [4.69, 9.17) is 17.0 Å². The molecule has 2 heterocycles. The van der Waals surface area contributed by atoms with Crippen LogP contribution in [0.1, 0.15) is 31.5 Å². The Bertz CT molecular complexity index is 1090. The van der Waals surface area contributed by atoms with E-state index in [1.807, 2.05) is 39.8 Å². The highest BCUT2D eigenvalue weighted by Gasteiger charge is 2.18. The van der Waals surface area contributed by atoms with Gasteiger partial charge in [0, 0.05) is 16.8 Å². The summed E-state index contributed by atoms with van der Waals surface area (Å²) < 4.78 is 1.73. The number of fused-ring (bicyclic) bond motifs is 1. The number of hydrogen-bond acceptors (Lipinski definition) is 5. The molecule has 0 spiro atoms. The number of aromatic nitrogens is 4. The summed E-state index contributed by atoms with van der Waals surface area (Å²) in [5.41, 5.74) is 3.20. The van der Waals surface area contributed by atoms with Gasteiger partial charge in [-0.3, -0.25) is 19.9 Å². The summed E-state index contributed by atoms with van der Waals surface area (Å²) >= 11 is 7.49. The van der Waals surface area contributed by atoms with Gasteiger partial charge in [0.25, 0.3) is 0 Å². The lowest BCUT2D eigenvalue weighted by molar-refractivity contribution is -0.119. The summed E-state index contributed by atoms with van der Waals surface area (Å²) in [5.74, 6) is 0.131. The lowest BCUT2D eigenvalue weighted by Gasteiger charge is -2.16. The fourth-order valence-electron chi connectivity index (χ4n) is 2.82. The fourth-order valence-corrected chi connectivity index (χ4v) is 3.80. The van der Waals surface area contributed by atoms with Crippen molar-refractivity contribution >= 4 is 40.3 Å². The minimum atomic E-state index is -0.0691. The molecule has 2 aromatic heterocycles. The maximum absolute atomic E-state index is 12.2. The first-order valence-electron chi connectivity index (χ1n) is 9.02. The molecule has 0 unspecified atom stereocenters. The van der Waals surface area contributed by atoms with E-state index in [-0.39, 0.29) is 23.2 Å². The van der Waals surface area contributed by atoms with Crippen molar-refractivity contribution in [2.75, 3.05) is 5.75 Å². The number of aryl methyl sites for hydroxylation is 2. The van der Waals surface area contributed by atoms with E-state index in [0.717, 1.165) is 23.4 Å². The second-order valence-electron chi connectivity index (χ2n) is 6.72. The van der Waals surface area contributed by atoms with Crippen molar-refractivity contribution in [1.29, 1.82) is 5.41 Å². The molecule has 1 amide bonds. The third-order valence-corrected chi connectivity index (χ3v) is 5.72. The number of carbonyl (C=O) groups excluding carboxylic acids is 1. The lowest BCUT2D eigenvalue weighted by Crippen LogP contribution is -2.33. The van der Waals surface area contributed by atoms with Crippen LogP contribution in [0.15, 0.2) is 23.4 Å². The van der Waals surface area contributed by atoms with Crippen molar-refractivity contribution in [2.24, 2.45) is 0 Å². The number of halogens is 1. The molecule has 1 atom stereocenters. The number of hydrogen-bond donors (Lipinski definition) is 3. The van der Waals surface area contributed by atoms with Crippen molar-refractivity contribution in [3.63, 3.8) is 0 Å². The molecule has 7 nitrogen and oxygen atoms in total. The van der Waals surface area contributed by atoms with Gasteiger partial charge in [0.2, 0.25) is 5.91 Å². The van der Waals surface area contributed by atoms with E-state index in [0.29, 0.717) is 21.2 Å². The van der Waals surface area contributed by atoms with Gasteiger partial charge in [-0.1, -0.05) is 36.4 Å². The predicted octanol–water partition coefficient (Wildman–Crippen LogP) is 3.51. The van der Waals surface area contributed by atoms with Gasteiger partial charge < -0.3 is 5.32 Å². The van der Waals surface area contributed by atoms with Crippen LogP contribution in [-0.4, -0.2) is 37.5 Å². The summed E-state index contributed by atoms with van der Waals surface area (Å²) in [6.07, 6.45) is 0.867. The Hall–Kier alpha value is -2.32. The van der Waals surface area contributed by atoms with Gasteiger partial charge >= 0.3 is 0 Å². The highest BCUT2D eigenvalue weighted by molar-refractivity contribution is 7.99. The summed E-state index contributed by atoms with van der Waals surface area (Å²) in [7, 11) is 0. The van der Waals surface area contributed by atoms with Gasteiger partial charge in [0.05, 0.1) is 16.8 Å². The molecule has 148 valence electrons. The fraction of sp³-hybridized carbons (Fsp3) is 0.368. The van der Waals surface area contributed by atoms with Gasteiger partial charge in [-0.25, -0.2) is 4.98 Å². The Morgan fingerprint density at radius 2 is 2.18 bits per heavy atom. The number of benzene rings is 1. The van der Waals surface area contributed by atoms with Gasteiger partial charge in [-0.15, -0.1) is 0 Å². The van der Waals surface area contributed by atoms with E-state index in [2.05, 4.69) is 20.5 Å². The van der Waals surface area contributed by atoms with E-state index in [1.54, 1.807) is 10.6 Å². The third-order valence-electron chi connectivity index (χ3n) is 4.55. The van der Waals surface area contributed by atoms with Crippen molar-refractivity contribution < 1.29 is 4.79 Å². The molecule has 0 aliphatic rings. The second-order valence-corrected chi connectivity index (χ2v) is 8.10. The highest BCUT2D eigenvalue weighted by Crippen LogP contribution is 2.25. The molecule has 0 aliphatic carbocycles. The summed E-state index contributed by atoms with van der Waals surface area (Å²) in [6.45, 7) is 7.80. The largest absolute Gasteiger partial charge is 0.353 e. The van der Waals surface area contributed by atoms with Crippen LogP contribution in [0.4, 0.5) is 0 Å². The SMILES string of the molecule is CC[C@@H](C)NC(=O)CSc1nc2n[nH]c(C)c2c(=N)n1-c1cc(Cl)ccc1C. The van der Waals surface area contributed by atoms with Crippen molar-refractivity contribution in [3.05, 3.63) is 40.0 Å². The number of thioether (sulfide) groups is 1. The minimum absolute atomic E-state index is 0.0691. The Morgan fingerprint density at radius 1 is 1.43 bits per heavy atom. The minimum Gasteiger partial charge on any atom is -0.353 e. The molecule has 28 heavy (non-hydrogen) atoms. The van der Waals surface area contributed by atoms with E-state index in [9.17, 15) is 4.79 Å². The molecule has 0 saturated carbocycles. The first-order chi connectivity index (χ1) is 13.3. The zero-order valence-corrected chi connectivity index (χ0v) is 17.8. The van der Waals surface area contributed by atoms with Gasteiger partial charge in [0.1, 0.15) is 5.49 Å². The summed E-state index contributed by atoms with van der Waals surface area (Å²) in [5, 5.41) is 20.5. The topological polar surface area (TPSA) is 99.5 Å². The van der Waals surface area contributed by atoms with Crippen LogP contribution in [0.25, 0.3) is 16.7 Å². The van der Waals surface area contributed by atoms with Crippen molar-refractivity contribution in [1.82, 2.24) is 25.1 Å². The molecule has 9 heteroatoms. The van der Waals surface area contributed by atoms with Gasteiger partial charge in [-0.2, -0.15) is 5.10 Å². The van der Waals surface area contributed by atoms with Crippen LogP contribution in [0, 0.1) is 19.3 Å². The Balaban J connectivity index is 2.09. The molecular weight excluding hydrogens is 396 g/mol. The maximum Gasteiger partial charge on any atom is 0.230 e. The molecule has 0 bridgehead atoms. The quantitative estimate of drug-likeness (QED) is 0.421. The Labute approximate surface area is 172 Å². The van der Waals surface area contributed by atoms with Gasteiger partial charge in [0.15, 0.2) is 10.8 Å². The standard InChI is InChI=1S/C19H23ClN6OS/c1-5-11(3)22-15(27)9-28-19-23-18-16(12(4)24-25-18)17(21)26(19)14-8-13(20)7-6-10(14)2/h6-8,11,21H,5,9H2,1-4H3,(H,22,27)(H,24,25)/t11-/m1/s1. The summed E-state index contributed by atoms with van der Waals surface area (Å²) in [6, 6.07) is 5.64. The number of nitrogens with zero attached hydrogens (tertiary/aromatic N) is 3. The summed E-state index contributed by atoms with van der Waals surface area (Å²) in [4.78, 5) is 16.9. The average molecular weight is 419 g/mol. The molecule has 1 aromatic carbocycles. The zero-order chi connectivity index (χ0) is 20.4. The molecule has 0 radical (unpaired) electrons. The Morgan fingerprint density at radius 3 is 2.89 bits per heavy atom. The van der Waals surface area contributed by atoms with Crippen LogP contribution in [0.2, 0.25) is 5.02 Å². The monoisotopic (exact) mass is 418 g/mol. The lowest BCUT2D eigenvalue weighted by atomic mass is 10.2. The van der Waals surface area contributed by atoms with E-state index in [1.165, 1.54) is 11.8 Å². The highest BCUT2D eigenvalue weighted by atomic mass is 35.5.